The molecule has 3 rings (SSSR count). The van der Waals surface area contributed by atoms with Gasteiger partial charge in [0.25, 0.3) is 0 Å². The third-order valence-electron chi connectivity index (χ3n) is 4.66. The SMILES string of the molecule is Cc1ccc(C(CNC(=O)C2COCCN2)N2CCOCC2)cc1. The van der Waals surface area contributed by atoms with Crippen molar-refractivity contribution in [1.29, 1.82) is 0 Å². The van der Waals surface area contributed by atoms with E-state index in [0.29, 0.717) is 19.8 Å². The fourth-order valence-electron chi connectivity index (χ4n) is 3.19. The number of morpholine rings is 2. The Morgan fingerprint density at radius 2 is 2.00 bits per heavy atom. The van der Waals surface area contributed by atoms with E-state index in [9.17, 15) is 4.79 Å². The Kier molecular flexibility index (Phi) is 6.20. The predicted octanol–water partition coefficient (Wildman–Crippen LogP) is 0.473. The van der Waals surface area contributed by atoms with Crippen LogP contribution in [0.1, 0.15) is 17.2 Å². The number of carbonyl (C=O) groups is 1. The van der Waals surface area contributed by atoms with Gasteiger partial charge in [0, 0.05) is 26.2 Å². The zero-order chi connectivity index (χ0) is 16.8. The molecule has 0 aliphatic carbocycles. The van der Waals surface area contributed by atoms with Crippen molar-refractivity contribution in [3.63, 3.8) is 0 Å². The maximum Gasteiger partial charge on any atom is 0.239 e. The molecule has 1 aromatic rings. The van der Waals surface area contributed by atoms with E-state index in [0.717, 1.165) is 32.8 Å². The summed E-state index contributed by atoms with van der Waals surface area (Å²) in [6.07, 6.45) is 0. The van der Waals surface area contributed by atoms with Crippen LogP contribution in [0.2, 0.25) is 0 Å². The summed E-state index contributed by atoms with van der Waals surface area (Å²) in [6, 6.07) is 8.49. The first-order valence-electron chi connectivity index (χ1n) is 8.71. The molecule has 2 fully saturated rings. The molecule has 2 aliphatic heterocycles. The Labute approximate surface area is 143 Å². The first-order chi connectivity index (χ1) is 11.7. The third-order valence-corrected chi connectivity index (χ3v) is 4.66. The van der Waals surface area contributed by atoms with Crippen molar-refractivity contribution in [2.24, 2.45) is 0 Å². The van der Waals surface area contributed by atoms with Crippen LogP contribution in [0.3, 0.4) is 0 Å². The normalized spacial score (nSPS) is 23.6. The van der Waals surface area contributed by atoms with Crippen LogP contribution in [0, 0.1) is 6.92 Å². The molecular formula is C18H27N3O3. The molecule has 2 saturated heterocycles. The van der Waals surface area contributed by atoms with Gasteiger partial charge < -0.3 is 20.1 Å². The molecule has 24 heavy (non-hydrogen) atoms. The number of carbonyl (C=O) groups excluding carboxylic acids is 1. The van der Waals surface area contributed by atoms with E-state index in [-0.39, 0.29) is 18.0 Å². The van der Waals surface area contributed by atoms with E-state index in [4.69, 9.17) is 9.47 Å². The number of ether oxygens (including phenoxy) is 2. The second-order valence-electron chi connectivity index (χ2n) is 6.40. The minimum absolute atomic E-state index is 0.0140. The van der Waals surface area contributed by atoms with Crippen molar-refractivity contribution in [2.45, 2.75) is 19.0 Å². The number of hydrogen-bond acceptors (Lipinski definition) is 5. The average molecular weight is 333 g/mol. The summed E-state index contributed by atoms with van der Waals surface area (Å²) < 4.78 is 10.8. The van der Waals surface area contributed by atoms with E-state index in [2.05, 4.69) is 46.7 Å². The summed E-state index contributed by atoms with van der Waals surface area (Å²) in [5, 5.41) is 6.30. The highest BCUT2D eigenvalue weighted by Crippen LogP contribution is 2.21. The molecule has 0 saturated carbocycles. The van der Waals surface area contributed by atoms with E-state index in [1.165, 1.54) is 11.1 Å². The Bertz CT molecular complexity index is 523. The first kappa shape index (κ1) is 17.4. The highest BCUT2D eigenvalue weighted by Gasteiger charge is 2.26. The van der Waals surface area contributed by atoms with Crippen molar-refractivity contribution in [3.05, 3.63) is 35.4 Å². The molecule has 1 amide bonds. The van der Waals surface area contributed by atoms with Crippen LogP contribution in [0.15, 0.2) is 24.3 Å². The monoisotopic (exact) mass is 333 g/mol. The Morgan fingerprint density at radius 1 is 1.25 bits per heavy atom. The number of hydrogen-bond donors (Lipinski definition) is 2. The molecule has 2 N–H and O–H groups in total. The molecule has 2 heterocycles. The second kappa shape index (κ2) is 8.58. The van der Waals surface area contributed by atoms with Crippen molar-refractivity contribution in [2.75, 3.05) is 52.6 Å². The Morgan fingerprint density at radius 3 is 2.67 bits per heavy atom. The summed E-state index contributed by atoms with van der Waals surface area (Å²) in [5.74, 6) is 0.0140. The molecule has 2 unspecified atom stereocenters. The van der Waals surface area contributed by atoms with E-state index in [1.54, 1.807) is 0 Å². The first-order valence-corrected chi connectivity index (χ1v) is 8.71. The van der Waals surface area contributed by atoms with Crippen LogP contribution >= 0.6 is 0 Å². The minimum Gasteiger partial charge on any atom is -0.379 e. The average Bonchev–Trinajstić information content (AvgIpc) is 2.65. The van der Waals surface area contributed by atoms with E-state index >= 15 is 0 Å². The number of nitrogens with zero attached hydrogens (tertiary/aromatic N) is 1. The van der Waals surface area contributed by atoms with Crippen LogP contribution in [0.25, 0.3) is 0 Å². The lowest BCUT2D eigenvalue weighted by Crippen LogP contribution is -2.53. The molecule has 0 radical (unpaired) electrons. The number of nitrogens with one attached hydrogen (secondary N) is 2. The quantitative estimate of drug-likeness (QED) is 0.820. The molecular weight excluding hydrogens is 306 g/mol. The van der Waals surface area contributed by atoms with Crippen LogP contribution in [-0.4, -0.2) is 69.5 Å². The Balaban J connectivity index is 1.64. The van der Waals surface area contributed by atoms with Crippen molar-refractivity contribution < 1.29 is 14.3 Å². The van der Waals surface area contributed by atoms with Crippen molar-refractivity contribution >= 4 is 5.91 Å². The summed E-state index contributed by atoms with van der Waals surface area (Å²) in [4.78, 5) is 14.8. The van der Waals surface area contributed by atoms with Gasteiger partial charge >= 0.3 is 0 Å². The standard InChI is InChI=1S/C18H27N3O3/c1-14-2-4-15(5-3-14)17(21-7-10-23-11-8-21)12-20-18(22)16-13-24-9-6-19-16/h2-5,16-17,19H,6-13H2,1H3,(H,20,22). The van der Waals surface area contributed by atoms with Crippen LogP contribution in [-0.2, 0) is 14.3 Å². The van der Waals surface area contributed by atoms with Gasteiger partial charge in [-0.25, -0.2) is 0 Å². The van der Waals surface area contributed by atoms with Crippen LogP contribution < -0.4 is 10.6 Å². The number of benzene rings is 1. The minimum atomic E-state index is -0.248. The smallest absolute Gasteiger partial charge is 0.239 e. The lowest BCUT2D eigenvalue weighted by Gasteiger charge is -2.35. The van der Waals surface area contributed by atoms with Crippen LogP contribution in [0.4, 0.5) is 0 Å². The van der Waals surface area contributed by atoms with E-state index < -0.39 is 0 Å². The molecule has 1 aromatic carbocycles. The largest absolute Gasteiger partial charge is 0.379 e. The second-order valence-corrected chi connectivity index (χ2v) is 6.40. The Hall–Kier alpha value is -1.47. The molecule has 0 spiro atoms. The number of amides is 1. The molecule has 132 valence electrons. The van der Waals surface area contributed by atoms with Gasteiger partial charge in [-0.1, -0.05) is 29.8 Å². The van der Waals surface area contributed by atoms with Gasteiger partial charge in [0.2, 0.25) is 5.91 Å². The fourth-order valence-corrected chi connectivity index (χ4v) is 3.19. The van der Waals surface area contributed by atoms with Crippen molar-refractivity contribution in [3.8, 4) is 0 Å². The summed E-state index contributed by atoms with van der Waals surface area (Å²) in [5.41, 5.74) is 2.47. The molecule has 6 heteroatoms. The summed E-state index contributed by atoms with van der Waals surface area (Å²) in [6.45, 7) is 7.79. The molecule has 2 atom stereocenters. The lowest BCUT2D eigenvalue weighted by molar-refractivity contribution is -0.126. The fraction of sp³-hybridized carbons (Fsp3) is 0.611. The zero-order valence-electron chi connectivity index (χ0n) is 14.3. The van der Waals surface area contributed by atoms with Crippen LogP contribution in [0.5, 0.6) is 0 Å². The molecule has 0 aromatic heterocycles. The molecule has 6 nitrogen and oxygen atoms in total. The maximum absolute atomic E-state index is 12.4. The van der Waals surface area contributed by atoms with Gasteiger partial charge in [0.15, 0.2) is 0 Å². The summed E-state index contributed by atoms with van der Waals surface area (Å²) in [7, 11) is 0. The topological polar surface area (TPSA) is 62.8 Å². The highest BCUT2D eigenvalue weighted by molar-refractivity contribution is 5.82. The number of aryl methyl sites for hydroxylation is 1. The van der Waals surface area contributed by atoms with Crippen molar-refractivity contribution in [1.82, 2.24) is 15.5 Å². The highest BCUT2D eigenvalue weighted by atomic mass is 16.5. The van der Waals surface area contributed by atoms with E-state index in [1.807, 2.05) is 0 Å². The van der Waals surface area contributed by atoms with Gasteiger partial charge in [-0.3, -0.25) is 9.69 Å². The lowest BCUT2D eigenvalue weighted by atomic mass is 10.0. The maximum atomic E-state index is 12.4. The van der Waals surface area contributed by atoms with Gasteiger partial charge in [-0.15, -0.1) is 0 Å². The van der Waals surface area contributed by atoms with Gasteiger partial charge in [-0.2, -0.15) is 0 Å². The molecule has 2 aliphatic rings. The van der Waals surface area contributed by atoms with Gasteiger partial charge in [0.05, 0.1) is 32.5 Å². The number of rotatable bonds is 5. The third kappa shape index (κ3) is 4.54. The molecule has 0 bridgehead atoms. The van der Waals surface area contributed by atoms with Gasteiger partial charge in [0.1, 0.15) is 6.04 Å². The summed E-state index contributed by atoms with van der Waals surface area (Å²) >= 11 is 0. The zero-order valence-corrected chi connectivity index (χ0v) is 14.3. The predicted molar refractivity (Wildman–Crippen MR) is 91.9 cm³/mol. The van der Waals surface area contributed by atoms with Gasteiger partial charge in [-0.05, 0) is 12.5 Å².